The highest BCUT2D eigenvalue weighted by molar-refractivity contribution is 7.53. The van der Waals surface area contributed by atoms with E-state index in [2.05, 4.69) is 5.32 Å². The molecule has 53 heavy (non-hydrogen) atoms. The van der Waals surface area contributed by atoms with Crippen LogP contribution >= 0.6 is 7.60 Å². The monoisotopic (exact) mass is 734 g/mol. The van der Waals surface area contributed by atoms with Crippen LogP contribution in [0.15, 0.2) is 146 Å². The van der Waals surface area contributed by atoms with Crippen LogP contribution in [0.4, 0.5) is 4.79 Å². The van der Waals surface area contributed by atoms with Gasteiger partial charge >= 0.3 is 19.6 Å². The van der Waals surface area contributed by atoms with E-state index in [1.165, 1.54) is 4.90 Å². The number of carbonyl (C=O) groups is 2. The molecule has 0 aliphatic carbocycles. The van der Waals surface area contributed by atoms with E-state index in [9.17, 15) is 14.2 Å². The number of nitrogens with one attached hydrogen (secondary N) is 1. The predicted octanol–water partition coefficient (Wildman–Crippen LogP) is 9.17. The van der Waals surface area contributed by atoms with Gasteiger partial charge in [0.2, 0.25) is 0 Å². The van der Waals surface area contributed by atoms with E-state index in [1.54, 1.807) is 0 Å². The number of amides is 2. The number of ether oxygens (including phenoxy) is 2. The van der Waals surface area contributed by atoms with Gasteiger partial charge in [-0.3, -0.25) is 4.57 Å². The van der Waals surface area contributed by atoms with Gasteiger partial charge in [-0.05, 0) is 45.9 Å². The minimum Gasteiger partial charge on any atom is -0.489 e. The molecule has 0 aromatic heterocycles. The minimum absolute atomic E-state index is 0.00404. The Morgan fingerprint density at radius 1 is 0.604 bits per heavy atom. The zero-order valence-electron chi connectivity index (χ0n) is 30.2. The lowest BCUT2D eigenvalue weighted by molar-refractivity contribution is -0.147. The second-order valence-corrected chi connectivity index (χ2v) is 15.1. The van der Waals surface area contributed by atoms with Gasteiger partial charge in [-0.2, -0.15) is 0 Å². The fraction of sp³-hybridized carbons (Fsp3) is 0.256. The second kappa shape index (κ2) is 20.1. The quantitative estimate of drug-likeness (QED) is 0.0667. The van der Waals surface area contributed by atoms with Crippen LogP contribution in [0, 0.1) is 5.92 Å². The van der Waals surface area contributed by atoms with Crippen molar-refractivity contribution in [2.75, 3.05) is 12.8 Å². The molecule has 0 saturated heterocycles. The van der Waals surface area contributed by atoms with Gasteiger partial charge in [0.15, 0.2) is 0 Å². The molecule has 5 aromatic carbocycles. The lowest BCUT2D eigenvalue weighted by Gasteiger charge is -2.30. The van der Waals surface area contributed by atoms with Crippen LogP contribution < -0.4 is 10.1 Å². The molecule has 10 heteroatoms. The fourth-order valence-electron chi connectivity index (χ4n) is 5.43. The summed E-state index contributed by atoms with van der Waals surface area (Å²) in [4.78, 5) is 29.2. The normalized spacial score (nSPS) is 11.8. The summed E-state index contributed by atoms with van der Waals surface area (Å²) in [6.07, 6.45) is -0.170. The Balaban J connectivity index is 1.32. The van der Waals surface area contributed by atoms with Crippen molar-refractivity contribution in [3.8, 4) is 5.75 Å². The average Bonchev–Trinajstić information content (AvgIpc) is 3.19. The van der Waals surface area contributed by atoms with Crippen LogP contribution in [-0.2, 0) is 56.0 Å². The third kappa shape index (κ3) is 13.4. The van der Waals surface area contributed by atoms with E-state index in [4.69, 9.17) is 18.5 Å². The molecule has 1 N–H and O–H groups in total. The molecule has 0 aliphatic rings. The van der Waals surface area contributed by atoms with E-state index < -0.39 is 25.6 Å². The van der Waals surface area contributed by atoms with E-state index in [0.29, 0.717) is 12.4 Å². The van der Waals surface area contributed by atoms with Crippen LogP contribution in [0.5, 0.6) is 5.75 Å². The van der Waals surface area contributed by atoms with Crippen molar-refractivity contribution in [3.63, 3.8) is 0 Å². The average molecular weight is 735 g/mol. The van der Waals surface area contributed by atoms with Crippen LogP contribution in [0.25, 0.3) is 0 Å². The number of hydrogen-bond acceptors (Lipinski definition) is 7. The Morgan fingerprint density at radius 3 is 1.53 bits per heavy atom. The Bertz CT molecular complexity index is 1830. The summed E-state index contributed by atoms with van der Waals surface area (Å²) in [6.45, 7) is 4.67. The lowest BCUT2D eigenvalue weighted by Crippen LogP contribution is -2.50. The fourth-order valence-corrected chi connectivity index (χ4v) is 7.02. The molecule has 2 amide bonds. The molecule has 0 heterocycles. The highest BCUT2D eigenvalue weighted by atomic mass is 31.2. The molecule has 0 bridgehead atoms. The first-order chi connectivity index (χ1) is 25.7. The smallest absolute Gasteiger partial charge is 0.350 e. The van der Waals surface area contributed by atoms with Crippen molar-refractivity contribution in [2.45, 2.75) is 52.7 Å². The number of nitrogens with zero attached hydrogens (tertiary/aromatic N) is 1. The largest absolute Gasteiger partial charge is 0.489 e. The Kier molecular flexibility index (Phi) is 14.8. The molecule has 276 valence electrons. The van der Waals surface area contributed by atoms with E-state index in [1.807, 2.05) is 159 Å². The van der Waals surface area contributed by atoms with Crippen molar-refractivity contribution in [1.29, 1.82) is 0 Å². The summed E-state index contributed by atoms with van der Waals surface area (Å²) in [7, 11) is -3.90. The van der Waals surface area contributed by atoms with Crippen molar-refractivity contribution in [3.05, 3.63) is 173 Å². The number of benzene rings is 5. The predicted molar refractivity (Wildman–Crippen MR) is 206 cm³/mol. The first-order valence-corrected chi connectivity index (χ1v) is 19.4. The van der Waals surface area contributed by atoms with Crippen LogP contribution in [-0.4, -0.2) is 35.8 Å². The first kappa shape index (κ1) is 39.0. The van der Waals surface area contributed by atoms with Crippen LogP contribution in [0.1, 0.15) is 41.7 Å². The molecule has 0 saturated carbocycles. The second-order valence-electron chi connectivity index (χ2n) is 13.1. The van der Waals surface area contributed by atoms with Gasteiger partial charge in [0.25, 0.3) is 0 Å². The molecule has 0 fully saturated rings. The molecule has 1 atom stereocenters. The number of esters is 1. The van der Waals surface area contributed by atoms with Gasteiger partial charge in [-0.15, -0.1) is 0 Å². The number of rotatable bonds is 19. The maximum Gasteiger partial charge on any atom is 0.350 e. The molecule has 0 radical (unpaired) electrons. The summed E-state index contributed by atoms with van der Waals surface area (Å²) in [5.74, 6) is 0.0824. The Labute approximate surface area is 312 Å². The van der Waals surface area contributed by atoms with E-state index >= 15 is 0 Å². The van der Waals surface area contributed by atoms with E-state index in [0.717, 1.165) is 27.8 Å². The summed E-state index contributed by atoms with van der Waals surface area (Å²) in [5, 5.41) is 2.89. The Morgan fingerprint density at radius 2 is 1.06 bits per heavy atom. The maximum absolute atomic E-state index is 14.4. The summed E-state index contributed by atoms with van der Waals surface area (Å²) < 4.78 is 38.1. The Hall–Kier alpha value is -5.21. The van der Waals surface area contributed by atoms with Crippen molar-refractivity contribution in [1.82, 2.24) is 10.2 Å². The standard InChI is InChI=1S/C43H47N2O7P/c1-34(2)28-45(33-53(48,51-31-38-19-11-5-12-20-38)52-32-39-21-13-6-14-22-39)43(47)44-41(42(46)50-30-37-17-9-4-10-18-37)27-35-23-25-40(26-24-35)49-29-36-15-7-3-8-16-36/h3-26,34,41H,27-33H2,1-2H3,(H,44,47)/t41-/m0/s1. The van der Waals surface area contributed by atoms with Gasteiger partial charge < -0.3 is 28.7 Å². The van der Waals surface area contributed by atoms with Gasteiger partial charge in [0.05, 0.1) is 13.2 Å². The zero-order valence-corrected chi connectivity index (χ0v) is 31.1. The summed E-state index contributed by atoms with van der Waals surface area (Å²) >= 11 is 0. The zero-order chi connectivity index (χ0) is 37.3. The maximum atomic E-state index is 14.4. The summed E-state index contributed by atoms with van der Waals surface area (Å²) in [6, 6.07) is 43.7. The summed E-state index contributed by atoms with van der Waals surface area (Å²) in [5.41, 5.74) is 4.28. The minimum atomic E-state index is -3.90. The third-order valence-electron chi connectivity index (χ3n) is 8.18. The molecule has 9 nitrogen and oxygen atoms in total. The van der Waals surface area contributed by atoms with Gasteiger partial charge in [0.1, 0.15) is 31.3 Å². The lowest BCUT2D eigenvalue weighted by atomic mass is 10.1. The molecule has 0 unspecified atom stereocenters. The van der Waals surface area contributed by atoms with Crippen molar-refractivity contribution in [2.24, 2.45) is 5.92 Å². The SMILES string of the molecule is CC(C)CN(CP(=O)(OCc1ccccc1)OCc1ccccc1)C(=O)N[C@@H](Cc1ccc(OCc2ccccc2)cc1)C(=O)OCc1ccccc1. The van der Waals surface area contributed by atoms with E-state index in [-0.39, 0.29) is 45.0 Å². The van der Waals surface area contributed by atoms with Crippen molar-refractivity contribution >= 4 is 19.6 Å². The molecular weight excluding hydrogens is 687 g/mol. The number of urea groups is 1. The number of carbonyl (C=O) groups excluding carboxylic acids is 2. The van der Waals surface area contributed by atoms with Gasteiger partial charge in [-0.1, -0.05) is 147 Å². The highest BCUT2D eigenvalue weighted by Gasteiger charge is 2.33. The van der Waals surface area contributed by atoms with Gasteiger partial charge in [-0.25, -0.2) is 9.59 Å². The van der Waals surface area contributed by atoms with Gasteiger partial charge in [0, 0.05) is 13.0 Å². The van der Waals surface area contributed by atoms with Crippen LogP contribution in [0.2, 0.25) is 0 Å². The topological polar surface area (TPSA) is 103 Å². The molecule has 0 spiro atoms. The first-order valence-electron chi connectivity index (χ1n) is 17.7. The third-order valence-corrected chi connectivity index (χ3v) is 9.91. The van der Waals surface area contributed by atoms with Crippen molar-refractivity contribution < 1.29 is 32.7 Å². The molecule has 5 aromatic rings. The number of hydrogen-bond donors (Lipinski definition) is 1. The molecule has 0 aliphatic heterocycles. The molecule has 5 rings (SSSR count). The molecular formula is C43H47N2O7P. The van der Waals surface area contributed by atoms with Crippen LogP contribution in [0.3, 0.4) is 0 Å². The highest BCUT2D eigenvalue weighted by Crippen LogP contribution is 2.50.